The number of nitrogens with zero attached hydrogens (tertiary/aromatic N) is 1. The molecule has 9 heteroatoms. The summed E-state index contributed by atoms with van der Waals surface area (Å²) >= 11 is 0. The molecule has 1 aromatic heterocycles. The number of esters is 1. The van der Waals surface area contributed by atoms with Gasteiger partial charge in [0, 0.05) is 18.7 Å². The smallest absolute Gasteiger partial charge is 0.338 e. The Balaban J connectivity index is 1.81. The van der Waals surface area contributed by atoms with E-state index in [1.54, 1.807) is 30.3 Å². The molecule has 1 aromatic carbocycles. The quantitative estimate of drug-likeness (QED) is 0.616. The van der Waals surface area contributed by atoms with Gasteiger partial charge >= 0.3 is 11.7 Å². The fourth-order valence-electron chi connectivity index (χ4n) is 3.19. The summed E-state index contributed by atoms with van der Waals surface area (Å²) in [6, 6.07) is 9.43. The van der Waals surface area contributed by atoms with E-state index in [1.165, 1.54) is 13.1 Å². The van der Waals surface area contributed by atoms with E-state index in [0.29, 0.717) is 5.56 Å². The molecule has 2 aromatic rings. The fraction of sp³-hybridized carbons (Fsp3) is 0.389. The maximum Gasteiger partial charge on any atom is 0.338 e. The van der Waals surface area contributed by atoms with Crippen LogP contribution in [0.3, 0.4) is 0 Å². The standard InChI is InChI=1S/C18H20N2O7/c1-17(25)9-18(10-21,11-26-14(23)12-5-3-2-4-6-12)27-15(17)20-8-7-13(22)19-16(20)24/h2-8,15,21,25H,9-11H2,1H3,(H,19,22,24)/t15-,17-,18+/m1/s1. The fourth-order valence-corrected chi connectivity index (χ4v) is 3.19. The van der Waals surface area contributed by atoms with Gasteiger partial charge in [-0.1, -0.05) is 18.2 Å². The molecular weight excluding hydrogens is 356 g/mol. The minimum absolute atomic E-state index is 0.0885. The van der Waals surface area contributed by atoms with Gasteiger partial charge in [-0.3, -0.25) is 14.3 Å². The molecule has 0 radical (unpaired) electrons. The topological polar surface area (TPSA) is 131 Å². The number of aromatic nitrogens is 2. The van der Waals surface area contributed by atoms with E-state index in [9.17, 15) is 24.6 Å². The Bertz CT molecular complexity index is 934. The van der Waals surface area contributed by atoms with Crippen LogP contribution >= 0.6 is 0 Å². The van der Waals surface area contributed by atoms with Crippen LogP contribution in [0, 0.1) is 0 Å². The van der Waals surface area contributed by atoms with Crippen LogP contribution < -0.4 is 11.2 Å². The normalized spacial score (nSPS) is 27.4. The maximum absolute atomic E-state index is 12.1. The molecule has 0 amide bonds. The molecule has 1 fully saturated rings. The lowest BCUT2D eigenvalue weighted by atomic mass is 9.92. The van der Waals surface area contributed by atoms with Crippen molar-refractivity contribution in [3.05, 3.63) is 69.0 Å². The molecule has 27 heavy (non-hydrogen) atoms. The van der Waals surface area contributed by atoms with E-state index >= 15 is 0 Å². The number of rotatable bonds is 5. The minimum Gasteiger partial charge on any atom is -0.459 e. The number of aromatic amines is 1. The highest BCUT2D eigenvalue weighted by molar-refractivity contribution is 5.89. The second-order valence-electron chi connectivity index (χ2n) is 6.80. The largest absolute Gasteiger partial charge is 0.459 e. The van der Waals surface area contributed by atoms with E-state index < -0.39 is 41.3 Å². The van der Waals surface area contributed by atoms with Crippen molar-refractivity contribution in [3.8, 4) is 0 Å². The molecule has 0 unspecified atom stereocenters. The number of benzene rings is 1. The predicted octanol–water partition coefficient (Wildman–Crippen LogP) is -0.205. The van der Waals surface area contributed by atoms with Gasteiger partial charge in [0.05, 0.1) is 12.2 Å². The van der Waals surface area contributed by atoms with E-state index in [1.807, 2.05) is 0 Å². The zero-order valence-electron chi connectivity index (χ0n) is 14.6. The van der Waals surface area contributed by atoms with Crippen LogP contribution in [-0.2, 0) is 9.47 Å². The van der Waals surface area contributed by atoms with Gasteiger partial charge < -0.3 is 19.7 Å². The van der Waals surface area contributed by atoms with Crippen LogP contribution in [0.5, 0.6) is 0 Å². The zero-order valence-corrected chi connectivity index (χ0v) is 14.6. The summed E-state index contributed by atoms with van der Waals surface area (Å²) in [6.07, 6.45) is -0.0668. The molecule has 0 aliphatic carbocycles. The van der Waals surface area contributed by atoms with Crippen molar-refractivity contribution in [3.63, 3.8) is 0 Å². The van der Waals surface area contributed by atoms with Crippen LogP contribution in [0.4, 0.5) is 0 Å². The Morgan fingerprint density at radius 2 is 2.04 bits per heavy atom. The molecule has 1 aliphatic heterocycles. The lowest BCUT2D eigenvalue weighted by Crippen LogP contribution is -2.40. The number of aliphatic hydroxyl groups excluding tert-OH is 1. The van der Waals surface area contributed by atoms with Crippen molar-refractivity contribution in [2.75, 3.05) is 13.2 Å². The van der Waals surface area contributed by atoms with Crippen molar-refractivity contribution in [2.24, 2.45) is 0 Å². The number of nitrogens with one attached hydrogen (secondary N) is 1. The highest BCUT2D eigenvalue weighted by atomic mass is 16.6. The van der Waals surface area contributed by atoms with Crippen LogP contribution in [0.15, 0.2) is 52.2 Å². The van der Waals surface area contributed by atoms with Gasteiger partial charge in [-0.15, -0.1) is 0 Å². The molecule has 2 heterocycles. The van der Waals surface area contributed by atoms with Gasteiger partial charge in [0.15, 0.2) is 6.23 Å². The summed E-state index contributed by atoms with van der Waals surface area (Å²) in [5.41, 5.74) is -3.95. The number of hydrogen-bond acceptors (Lipinski definition) is 7. The first-order chi connectivity index (χ1) is 12.8. The Hall–Kier alpha value is -2.75. The first kappa shape index (κ1) is 19.0. The number of carbonyl (C=O) groups excluding carboxylic acids is 1. The van der Waals surface area contributed by atoms with Gasteiger partial charge in [-0.05, 0) is 19.1 Å². The molecule has 9 nitrogen and oxygen atoms in total. The first-order valence-electron chi connectivity index (χ1n) is 8.31. The van der Waals surface area contributed by atoms with E-state index in [-0.39, 0.29) is 13.0 Å². The van der Waals surface area contributed by atoms with Gasteiger partial charge in [0.2, 0.25) is 0 Å². The third kappa shape index (κ3) is 3.85. The molecule has 0 bridgehead atoms. The van der Waals surface area contributed by atoms with E-state index in [4.69, 9.17) is 9.47 Å². The third-order valence-electron chi connectivity index (χ3n) is 4.44. The Kier molecular flexibility index (Phi) is 5.01. The van der Waals surface area contributed by atoms with Gasteiger partial charge in [0.1, 0.15) is 17.8 Å². The SMILES string of the molecule is C[C@@]1(O)C[C@](CO)(COC(=O)c2ccccc2)O[C@H]1n1ccc(=O)[nH]c1=O. The molecule has 144 valence electrons. The van der Waals surface area contributed by atoms with Crippen molar-refractivity contribution in [2.45, 2.75) is 30.8 Å². The molecule has 3 atom stereocenters. The van der Waals surface area contributed by atoms with Crippen LogP contribution in [0.1, 0.15) is 29.9 Å². The summed E-state index contributed by atoms with van der Waals surface area (Å²) in [6.45, 7) is 0.577. The summed E-state index contributed by atoms with van der Waals surface area (Å²) in [4.78, 5) is 37.5. The first-order valence-corrected chi connectivity index (χ1v) is 8.31. The molecule has 3 N–H and O–H groups in total. The lowest BCUT2D eigenvalue weighted by Gasteiger charge is -2.26. The molecule has 1 saturated heterocycles. The summed E-state index contributed by atoms with van der Waals surface area (Å²) in [7, 11) is 0. The summed E-state index contributed by atoms with van der Waals surface area (Å²) < 4.78 is 12.0. The molecule has 1 aliphatic rings. The van der Waals surface area contributed by atoms with Crippen LogP contribution in [-0.4, -0.2) is 50.1 Å². The minimum atomic E-state index is -1.55. The Labute approximate surface area is 153 Å². The number of aliphatic hydroxyl groups is 2. The van der Waals surface area contributed by atoms with Crippen molar-refractivity contribution < 1.29 is 24.5 Å². The third-order valence-corrected chi connectivity index (χ3v) is 4.44. The Morgan fingerprint density at radius 3 is 2.67 bits per heavy atom. The average Bonchev–Trinajstić information content (AvgIpc) is 2.92. The molecule has 0 spiro atoms. The maximum atomic E-state index is 12.1. The molecule has 0 saturated carbocycles. The van der Waals surface area contributed by atoms with Crippen LogP contribution in [0.2, 0.25) is 0 Å². The highest BCUT2D eigenvalue weighted by Crippen LogP contribution is 2.43. The number of ether oxygens (including phenoxy) is 2. The van der Waals surface area contributed by atoms with E-state index in [0.717, 1.165) is 10.6 Å². The summed E-state index contributed by atoms with van der Waals surface area (Å²) in [5, 5.41) is 20.6. The van der Waals surface area contributed by atoms with Crippen molar-refractivity contribution in [1.29, 1.82) is 0 Å². The van der Waals surface area contributed by atoms with Gasteiger partial charge in [-0.25, -0.2) is 9.59 Å². The molecular formula is C18H20N2O7. The average molecular weight is 376 g/mol. The van der Waals surface area contributed by atoms with Gasteiger partial charge in [0.25, 0.3) is 5.56 Å². The number of carbonyl (C=O) groups is 1. The van der Waals surface area contributed by atoms with E-state index in [2.05, 4.69) is 4.98 Å². The second kappa shape index (κ2) is 7.10. The predicted molar refractivity (Wildman–Crippen MR) is 93.2 cm³/mol. The second-order valence-corrected chi connectivity index (χ2v) is 6.80. The number of H-pyrrole nitrogens is 1. The zero-order chi connectivity index (χ0) is 19.7. The number of hydrogen-bond donors (Lipinski definition) is 3. The summed E-state index contributed by atoms with van der Waals surface area (Å²) in [5.74, 6) is -0.601. The molecule has 3 rings (SSSR count). The van der Waals surface area contributed by atoms with Crippen LogP contribution in [0.25, 0.3) is 0 Å². The Morgan fingerprint density at radius 1 is 1.33 bits per heavy atom. The lowest BCUT2D eigenvalue weighted by molar-refractivity contribution is -0.142. The van der Waals surface area contributed by atoms with Gasteiger partial charge in [-0.2, -0.15) is 0 Å². The van der Waals surface area contributed by atoms with Crippen molar-refractivity contribution in [1.82, 2.24) is 9.55 Å². The monoisotopic (exact) mass is 376 g/mol. The van der Waals surface area contributed by atoms with Crippen molar-refractivity contribution >= 4 is 5.97 Å². The highest BCUT2D eigenvalue weighted by Gasteiger charge is 2.54.